The van der Waals surface area contributed by atoms with Crippen molar-refractivity contribution >= 4 is 10.9 Å². The number of hydrogen-bond acceptors (Lipinski definition) is 3. The van der Waals surface area contributed by atoms with Gasteiger partial charge >= 0.3 is 0 Å². The summed E-state index contributed by atoms with van der Waals surface area (Å²) >= 11 is 0. The minimum absolute atomic E-state index is 0.622. The molecule has 1 aromatic carbocycles. The number of piperidine rings is 1. The molecule has 120 valence electrons. The number of hydrogen-bond donors (Lipinski definition) is 1. The average molecular weight is 310 g/mol. The molecule has 4 rings (SSSR count). The van der Waals surface area contributed by atoms with Gasteiger partial charge in [-0.05, 0) is 61.7 Å². The molecular weight excluding hydrogens is 288 g/mol. The molecule has 1 aliphatic rings. The average Bonchev–Trinajstić information content (AvgIpc) is 3.24. The minimum atomic E-state index is 0.622. The van der Waals surface area contributed by atoms with Crippen LogP contribution in [0, 0.1) is 0 Å². The maximum atomic E-state index is 5.44. The summed E-state index contributed by atoms with van der Waals surface area (Å²) < 4.78 is 13.0. The molecule has 2 aromatic heterocycles. The Hall–Kier alpha value is -2.20. The van der Waals surface area contributed by atoms with E-state index in [1.165, 1.54) is 34.9 Å². The molecule has 23 heavy (non-hydrogen) atoms. The summed E-state index contributed by atoms with van der Waals surface area (Å²) in [4.78, 5) is 0. The third-order valence-electron chi connectivity index (χ3n) is 4.83. The highest BCUT2D eigenvalue weighted by Gasteiger charge is 2.20. The van der Waals surface area contributed by atoms with Crippen molar-refractivity contribution in [3.05, 3.63) is 54.1 Å². The Bertz CT molecular complexity index is 783. The number of benzene rings is 1. The number of nitrogens with zero attached hydrogens (tertiary/aromatic N) is 1. The molecule has 0 saturated carbocycles. The molecule has 0 spiro atoms. The fourth-order valence-corrected chi connectivity index (χ4v) is 3.60. The molecule has 0 bridgehead atoms. The van der Waals surface area contributed by atoms with Crippen LogP contribution in [-0.2, 0) is 6.54 Å². The fourth-order valence-electron chi connectivity index (χ4n) is 3.60. The smallest absolute Gasteiger partial charge is 0.119 e. The first-order chi connectivity index (χ1) is 11.3. The second-order valence-corrected chi connectivity index (χ2v) is 6.25. The molecule has 1 N–H and O–H groups in total. The van der Waals surface area contributed by atoms with Crippen LogP contribution in [0.3, 0.4) is 0 Å². The lowest BCUT2D eigenvalue weighted by atomic mass is 9.90. The van der Waals surface area contributed by atoms with Crippen LogP contribution in [0.5, 0.6) is 5.75 Å². The molecule has 0 radical (unpaired) electrons. The molecule has 0 atom stereocenters. The van der Waals surface area contributed by atoms with Crippen molar-refractivity contribution < 1.29 is 9.15 Å². The Morgan fingerprint density at radius 1 is 1.26 bits per heavy atom. The standard InChI is InChI=1S/C19H22N2O2/c1-22-16-2-3-19-17(10-16)18(15-4-7-20-8-5-15)12-21(19)11-14-6-9-23-13-14/h2-3,6,9-10,12-13,15,20H,4-5,7-8,11H2,1H3. The Morgan fingerprint density at radius 3 is 2.87 bits per heavy atom. The third-order valence-corrected chi connectivity index (χ3v) is 4.83. The van der Waals surface area contributed by atoms with Gasteiger partial charge in [0.05, 0.1) is 26.2 Å². The molecule has 0 unspecified atom stereocenters. The van der Waals surface area contributed by atoms with E-state index in [1.807, 2.05) is 18.4 Å². The van der Waals surface area contributed by atoms with Crippen molar-refractivity contribution in [1.29, 1.82) is 0 Å². The van der Waals surface area contributed by atoms with Crippen LogP contribution < -0.4 is 10.1 Å². The second kappa shape index (κ2) is 6.13. The summed E-state index contributed by atoms with van der Waals surface area (Å²) in [5.41, 5.74) is 3.90. The van der Waals surface area contributed by atoms with Crippen molar-refractivity contribution in [3.63, 3.8) is 0 Å². The van der Waals surface area contributed by atoms with Gasteiger partial charge in [-0.2, -0.15) is 0 Å². The Kier molecular flexibility index (Phi) is 3.83. The first kappa shape index (κ1) is 14.4. The maximum absolute atomic E-state index is 5.44. The number of nitrogens with one attached hydrogen (secondary N) is 1. The van der Waals surface area contributed by atoms with Crippen LogP contribution in [-0.4, -0.2) is 24.8 Å². The Labute approximate surface area is 136 Å². The molecule has 1 fully saturated rings. The van der Waals surface area contributed by atoms with Crippen molar-refractivity contribution in [1.82, 2.24) is 9.88 Å². The quantitative estimate of drug-likeness (QED) is 0.797. The number of methoxy groups -OCH3 is 1. The molecule has 4 nitrogen and oxygen atoms in total. The fraction of sp³-hybridized carbons (Fsp3) is 0.368. The summed E-state index contributed by atoms with van der Waals surface area (Å²) in [5, 5.41) is 4.77. The first-order valence-corrected chi connectivity index (χ1v) is 8.24. The second-order valence-electron chi connectivity index (χ2n) is 6.25. The van der Waals surface area contributed by atoms with Crippen LogP contribution >= 0.6 is 0 Å². The van der Waals surface area contributed by atoms with Crippen molar-refractivity contribution in [2.24, 2.45) is 0 Å². The van der Waals surface area contributed by atoms with Gasteiger partial charge in [-0.25, -0.2) is 0 Å². The van der Waals surface area contributed by atoms with Crippen LogP contribution in [0.4, 0.5) is 0 Å². The van der Waals surface area contributed by atoms with Crippen LogP contribution in [0.1, 0.15) is 29.9 Å². The highest BCUT2D eigenvalue weighted by atomic mass is 16.5. The predicted molar refractivity (Wildman–Crippen MR) is 91.1 cm³/mol. The van der Waals surface area contributed by atoms with Gasteiger partial charge in [0.1, 0.15) is 5.75 Å². The lowest BCUT2D eigenvalue weighted by Gasteiger charge is -2.22. The van der Waals surface area contributed by atoms with Crippen molar-refractivity contribution in [2.75, 3.05) is 20.2 Å². The minimum Gasteiger partial charge on any atom is -0.497 e. The third kappa shape index (κ3) is 2.75. The summed E-state index contributed by atoms with van der Waals surface area (Å²) in [6.45, 7) is 3.04. The number of ether oxygens (including phenoxy) is 1. The van der Waals surface area contributed by atoms with E-state index in [-0.39, 0.29) is 0 Å². The highest BCUT2D eigenvalue weighted by molar-refractivity contribution is 5.86. The van der Waals surface area contributed by atoms with Crippen LogP contribution in [0.2, 0.25) is 0 Å². The van der Waals surface area contributed by atoms with E-state index in [4.69, 9.17) is 9.15 Å². The summed E-state index contributed by atoms with van der Waals surface area (Å²) in [7, 11) is 1.73. The summed E-state index contributed by atoms with van der Waals surface area (Å²) in [6, 6.07) is 8.41. The van der Waals surface area contributed by atoms with Gasteiger partial charge in [-0.1, -0.05) is 0 Å². The molecule has 0 aliphatic carbocycles. The SMILES string of the molecule is COc1ccc2c(c1)c(C1CCNCC1)cn2Cc1ccoc1. The number of furan rings is 1. The van der Waals surface area contributed by atoms with E-state index in [0.29, 0.717) is 5.92 Å². The van der Waals surface area contributed by atoms with E-state index < -0.39 is 0 Å². The van der Waals surface area contributed by atoms with E-state index in [9.17, 15) is 0 Å². The first-order valence-electron chi connectivity index (χ1n) is 8.24. The normalized spacial score (nSPS) is 16.0. The molecule has 3 aromatic rings. The van der Waals surface area contributed by atoms with E-state index in [2.05, 4.69) is 28.2 Å². The van der Waals surface area contributed by atoms with Gasteiger partial charge in [-0.3, -0.25) is 0 Å². The van der Waals surface area contributed by atoms with Crippen LogP contribution in [0.15, 0.2) is 47.4 Å². The van der Waals surface area contributed by atoms with Gasteiger partial charge in [0, 0.05) is 22.7 Å². The van der Waals surface area contributed by atoms with E-state index in [1.54, 1.807) is 13.4 Å². The van der Waals surface area contributed by atoms with Gasteiger partial charge in [0.25, 0.3) is 0 Å². The van der Waals surface area contributed by atoms with Gasteiger partial charge < -0.3 is 19.0 Å². The largest absolute Gasteiger partial charge is 0.497 e. The van der Waals surface area contributed by atoms with Gasteiger partial charge in [0.15, 0.2) is 0 Å². The summed E-state index contributed by atoms with van der Waals surface area (Å²) in [6.07, 6.45) is 8.27. The number of rotatable bonds is 4. The Balaban J connectivity index is 1.79. The maximum Gasteiger partial charge on any atom is 0.119 e. The van der Waals surface area contributed by atoms with Gasteiger partial charge in [-0.15, -0.1) is 0 Å². The zero-order valence-electron chi connectivity index (χ0n) is 13.4. The monoisotopic (exact) mass is 310 g/mol. The molecule has 1 aliphatic heterocycles. The molecular formula is C19H22N2O2. The van der Waals surface area contributed by atoms with Crippen molar-refractivity contribution in [2.45, 2.75) is 25.3 Å². The van der Waals surface area contributed by atoms with Crippen molar-refractivity contribution in [3.8, 4) is 5.75 Å². The van der Waals surface area contributed by atoms with E-state index in [0.717, 1.165) is 25.4 Å². The highest BCUT2D eigenvalue weighted by Crippen LogP contribution is 2.35. The number of aromatic nitrogens is 1. The molecule has 3 heterocycles. The van der Waals surface area contributed by atoms with Crippen LogP contribution in [0.25, 0.3) is 10.9 Å². The lowest BCUT2D eigenvalue weighted by molar-refractivity contribution is 0.415. The zero-order chi connectivity index (χ0) is 15.6. The number of fused-ring (bicyclic) bond motifs is 1. The van der Waals surface area contributed by atoms with Gasteiger partial charge in [0.2, 0.25) is 0 Å². The molecule has 0 amide bonds. The predicted octanol–water partition coefficient (Wildman–Crippen LogP) is 3.76. The molecule has 1 saturated heterocycles. The molecule has 4 heteroatoms. The summed E-state index contributed by atoms with van der Waals surface area (Å²) in [5.74, 6) is 1.55. The topological polar surface area (TPSA) is 39.3 Å². The van der Waals surface area contributed by atoms with E-state index >= 15 is 0 Å². The zero-order valence-corrected chi connectivity index (χ0v) is 13.4. The Morgan fingerprint density at radius 2 is 2.13 bits per heavy atom. The lowest BCUT2D eigenvalue weighted by Crippen LogP contribution is -2.26.